The zero-order valence-corrected chi connectivity index (χ0v) is 26.7. The number of nitrogens with zero attached hydrogens (tertiary/aromatic N) is 4. The highest BCUT2D eigenvalue weighted by Crippen LogP contribution is 2.31. The number of nitrogens with one attached hydrogen (secondary N) is 1. The number of ether oxygens (including phenoxy) is 1. The van der Waals surface area contributed by atoms with Crippen molar-refractivity contribution < 1.29 is 36.3 Å². The van der Waals surface area contributed by atoms with Gasteiger partial charge in [-0.2, -0.15) is 8.78 Å². The molecule has 240 valence electrons. The minimum atomic E-state index is -4.11. The number of rotatable bonds is 9. The van der Waals surface area contributed by atoms with Crippen molar-refractivity contribution in [2.24, 2.45) is 0 Å². The maximum atomic E-state index is 13.8. The maximum Gasteiger partial charge on any atom is 0.345 e. The first kappa shape index (κ1) is 31.8. The molecule has 15 heteroatoms. The first-order valence-electron chi connectivity index (χ1n) is 14.3. The number of halogens is 3. The summed E-state index contributed by atoms with van der Waals surface area (Å²) >= 11 is 3.37. The van der Waals surface area contributed by atoms with Crippen molar-refractivity contribution in [2.45, 2.75) is 49.6 Å². The van der Waals surface area contributed by atoms with E-state index in [4.69, 9.17) is 0 Å². The first-order chi connectivity index (χ1) is 21.9. The van der Waals surface area contributed by atoms with Crippen LogP contribution in [0.3, 0.4) is 0 Å². The predicted molar refractivity (Wildman–Crippen MR) is 165 cm³/mol. The van der Waals surface area contributed by atoms with Crippen molar-refractivity contribution in [1.29, 1.82) is 0 Å². The molecule has 4 aromatic rings. The van der Waals surface area contributed by atoms with Crippen LogP contribution in [0, 0.1) is 0 Å². The van der Waals surface area contributed by atoms with E-state index in [1.807, 2.05) is 0 Å². The highest BCUT2D eigenvalue weighted by atomic mass is 79.9. The number of hydrogen-bond acceptors (Lipinski definition) is 7. The number of fused-ring (bicyclic) bond motifs is 2. The van der Waals surface area contributed by atoms with Crippen LogP contribution >= 0.6 is 15.9 Å². The number of carbonyl (C=O) groups is 3. The first-order valence-corrected chi connectivity index (χ1v) is 16.5. The second-order valence-corrected chi connectivity index (χ2v) is 13.8. The Morgan fingerprint density at radius 1 is 1.13 bits per heavy atom. The van der Waals surface area contributed by atoms with Crippen molar-refractivity contribution in [1.82, 2.24) is 24.1 Å². The van der Waals surface area contributed by atoms with Crippen molar-refractivity contribution in [2.75, 3.05) is 13.1 Å². The van der Waals surface area contributed by atoms with Crippen molar-refractivity contribution in [3.63, 3.8) is 0 Å². The Kier molecular flexibility index (Phi) is 8.65. The zero-order chi connectivity index (χ0) is 32.7. The standard InChI is InChI=1S/C31H28BrF2N5O6S/c1-18(26-12-19-14-35-10-9-25(19)39(26)46(43,44)23-5-3-2-4-6-23)36-29(41)27-13-22(45-31(33)34)16-38(27)28(40)17-37-15-20-11-21(32)7-8-24(20)30(37)42/h2-12,14,18,22,27,31H,13,15-17H2,1H3,(H,36,41)/t18-,22-,27+/m1/s1. The van der Waals surface area contributed by atoms with E-state index >= 15 is 0 Å². The smallest absolute Gasteiger partial charge is 0.345 e. The van der Waals surface area contributed by atoms with E-state index in [1.165, 1.54) is 29.4 Å². The number of likely N-dealkylation sites (tertiary alicyclic amines) is 1. The molecular formula is C31H28BrF2N5O6S. The second kappa shape index (κ2) is 12.5. The van der Waals surface area contributed by atoms with Gasteiger partial charge in [0.05, 0.1) is 28.3 Å². The van der Waals surface area contributed by atoms with Gasteiger partial charge < -0.3 is 19.9 Å². The van der Waals surface area contributed by atoms with Gasteiger partial charge in [0.1, 0.15) is 12.6 Å². The lowest BCUT2D eigenvalue weighted by Gasteiger charge is -2.27. The summed E-state index contributed by atoms with van der Waals surface area (Å²) in [7, 11) is -4.11. The minimum absolute atomic E-state index is 0.0367. The molecule has 1 N–H and O–H groups in total. The molecule has 2 aliphatic heterocycles. The number of aromatic nitrogens is 2. The Morgan fingerprint density at radius 2 is 1.89 bits per heavy atom. The quantitative estimate of drug-likeness (QED) is 0.277. The van der Waals surface area contributed by atoms with Gasteiger partial charge in [0.15, 0.2) is 0 Å². The van der Waals surface area contributed by atoms with Crippen LogP contribution in [0.15, 0.2) is 82.4 Å². The maximum absolute atomic E-state index is 13.8. The fourth-order valence-corrected chi connectivity index (χ4v) is 8.03. The third-order valence-corrected chi connectivity index (χ3v) is 10.4. The van der Waals surface area contributed by atoms with Crippen LogP contribution in [0.2, 0.25) is 0 Å². The van der Waals surface area contributed by atoms with Crippen LogP contribution < -0.4 is 5.32 Å². The lowest BCUT2D eigenvalue weighted by atomic mass is 10.1. The van der Waals surface area contributed by atoms with E-state index in [0.29, 0.717) is 16.5 Å². The third-order valence-electron chi connectivity index (χ3n) is 8.12. The molecule has 0 unspecified atom stereocenters. The summed E-state index contributed by atoms with van der Waals surface area (Å²) < 4.78 is 60.6. The molecule has 6 rings (SSSR count). The Bertz CT molecular complexity index is 1940. The summed E-state index contributed by atoms with van der Waals surface area (Å²) in [5.41, 5.74) is 1.76. The Labute approximate surface area is 271 Å². The van der Waals surface area contributed by atoms with E-state index in [2.05, 4.69) is 31.0 Å². The molecule has 4 heterocycles. The van der Waals surface area contributed by atoms with Crippen LogP contribution in [0.4, 0.5) is 8.78 Å². The largest absolute Gasteiger partial charge is 0.346 e. The molecule has 1 saturated heterocycles. The summed E-state index contributed by atoms with van der Waals surface area (Å²) in [6, 6.07) is 14.0. The predicted octanol–water partition coefficient (Wildman–Crippen LogP) is 4.08. The summed E-state index contributed by atoms with van der Waals surface area (Å²) in [4.78, 5) is 46.8. The average molecular weight is 717 g/mol. The van der Waals surface area contributed by atoms with Gasteiger partial charge in [-0.1, -0.05) is 34.1 Å². The normalized spacial score (nSPS) is 18.8. The molecule has 3 amide bonds. The molecule has 0 aliphatic carbocycles. The van der Waals surface area contributed by atoms with Crippen LogP contribution in [0.1, 0.15) is 41.0 Å². The lowest BCUT2D eigenvalue weighted by molar-refractivity contribution is -0.160. The number of carbonyl (C=O) groups excluding carboxylic acids is 3. The van der Waals surface area contributed by atoms with Crippen molar-refractivity contribution in [3.8, 4) is 0 Å². The lowest BCUT2D eigenvalue weighted by Crippen LogP contribution is -2.49. The molecule has 0 spiro atoms. The third kappa shape index (κ3) is 6.01. The van der Waals surface area contributed by atoms with Crippen LogP contribution in [-0.4, -0.2) is 76.7 Å². The van der Waals surface area contributed by atoms with Crippen LogP contribution in [0.5, 0.6) is 0 Å². The average Bonchev–Trinajstić information content (AvgIpc) is 3.71. The Hall–Kier alpha value is -4.21. The number of hydrogen-bond donors (Lipinski definition) is 1. The summed E-state index contributed by atoms with van der Waals surface area (Å²) in [6.07, 6.45) is 1.61. The Morgan fingerprint density at radius 3 is 2.63 bits per heavy atom. The molecule has 1 fully saturated rings. The van der Waals surface area contributed by atoms with Crippen LogP contribution in [-0.2, 0) is 30.9 Å². The van der Waals surface area contributed by atoms with E-state index < -0.39 is 46.6 Å². The highest BCUT2D eigenvalue weighted by Gasteiger charge is 2.43. The van der Waals surface area contributed by atoms with Gasteiger partial charge >= 0.3 is 6.61 Å². The monoisotopic (exact) mass is 715 g/mol. The summed E-state index contributed by atoms with van der Waals surface area (Å²) in [5.74, 6) is -1.65. The molecule has 2 aromatic heterocycles. The second-order valence-electron chi connectivity index (χ2n) is 11.1. The minimum Gasteiger partial charge on any atom is -0.346 e. The molecule has 3 atom stereocenters. The number of alkyl halides is 2. The van der Waals surface area contributed by atoms with Gasteiger partial charge in [-0.25, -0.2) is 12.4 Å². The SMILES string of the molecule is C[C@@H](NC(=O)[C@@H]1C[C@@H](OC(F)F)CN1C(=O)CN1Cc2cc(Br)ccc2C1=O)c1cc2cnccc2n1S(=O)(=O)c1ccccc1. The molecule has 0 saturated carbocycles. The molecular weight excluding hydrogens is 688 g/mol. The highest BCUT2D eigenvalue weighted by molar-refractivity contribution is 9.10. The number of amides is 3. The molecule has 46 heavy (non-hydrogen) atoms. The van der Waals surface area contributed by atoms with E-state index in [0.717, 1.165) is 18.9 Å². The fraction of sp³-hybridized carbons (Fsp3) is 0.290. The summed E-state index contributed by atoms with van der Waals surface area (Å²) in [5, 5.41) is 3.30. The molecule has 2 aromatic carbocycles. The van der Waals surface area contributed by atoms with E-state index in [1.54, 1.807) is 55.5 Å². The summed E-state index contributed by atoms with van der Waals surface area (Å²) in [6.45, 7) is -2.02. The topological polar surface area (TPSA) is 131 Å². The zero-order valence-electron chi connectivity index (χ0n) is 24.3. The Balaban J connectivity index is 1.25. The van der Waals surface area contributed by atoms with Crippen molar-refractivity contribution in [3.05, 3.63) is 94.4 Å². The molecule has 2 aliphatic rings. The van der Waals surface area contributed by atoms with E-state index in [9.17, 15) is 31.6 Å². The van der Waals surface area contributed by atoms with Crippen LogP contribution in [0.25, 0.3) is 10.9 Å². The van der Waals surface area contributed by atoms with E-state index in [-0.39, 0.29) is 42.6 Å². The van der Waals surface area contributed by atoms with Gasteiger partial charge in [-0.15, -0.1) is 0 Å². The van der Waals surface area contributed by atoms with Gasteiger partial charge in [0.2, 0.25) is 11.8 Å². The molecule has 0 radical (unpaired) electrons. The molecule has 0 bridgehead atoms. The van der Waals surface area contributed by atoms with Crippen molar-refractivity contribution >= 4 is 54.6 Å². The number of pyridine rings is 1. The number of benzene rings is 2. The van der Waals surface area contributed by atoms with Gasteiger partial charge in [-0.3, -0.25) is 19.4 Å². The van der Waals surface area contributed by atoms with Gasteiger partial charge in [-0.05, 0) is 55.0 Å². The van der Waals surface area contributed by atoms with Gasteiger partial charge in [0.25, 0.3) is 15.9 Å². The van der Waals surface area contributed by atoms with Gasteiger partial charge in [0, 0.05) is 47.3 Å². The molecule has 11 nitrogen and oxygen atoms in total. The fourth-order valence-electron chi connectivity index (χ4n) is 6.00.